The average Bonchev–Trinajstić information content (AvgIpc) is 3.20. The number of aryl methyl sites for hydroxylation is 2. The van der Waals surface area contributed by atoms with Gasteiger partial charge < -0.3 is 15.3 Å². The summed E-state index contributed by atoms with van der Waals surface area (Å²) in [5.41, 5.74) is 2.78. The van der Waals surface area contributed by atoms with Gasteiger partial charge >= 0.3 is 0 Å². The first-order valence-electron chi connectivity index (χ1n) is 7.27. The minimum atomic E-state index is -0.506. The van der Waals surface area contributed by atoms with Crippen molar-refractivity contribution in [2.24, 2.45) is 0 Å². The van der Waals surface area contributed by atoms with E-state index >= 15 is 0 Å². The molecule has 0 aliphatic rings. The number of rotatable bonds is 4. The Morgan fingerprint density at radius 3 is 2.58 bits per heavy atom. The van der Waals surface area contributed by atoms with E-state index in [9.17, 15) is 9.59 Å². The zero-order valence-electron chi connectivity index (χ0n) is 13.2. The summed E-state index contributed by atoms with van der Waals surface area (Å²) < 4.78 is 0. The average molecular weight is 324 g/mol. The van der Waals surface area contributed by atoms with Crippen LogP contribution >= 0.6 is 0 Å². The second kappa shape index (κ2) is 6.37. The highest BCUT2D eigenvalue weighted by Crippen LogP contribution is 2.17. The molecule has 0 aliphatic carbocycles. The van der Waals surface area contributed by atoms with Crippen LogP contribution < -0.4 is 10.6 Å². The number of aromatic amines is 2. The molecular formula is C16H16N6O2. The third kappa shape index (κ3) is 3.17. The maximum Gasteiger partial charge on any atom is 0.276 e. The Labute approximate surface area is 137 Å². The van der Waals surface area contributed by atoms with Gasteiger partial charge in [0, 0.05) is 18.1 Å². The van der Waals surface area contributed by atoms with Gasteiger partial charge in [0.2, 0.25) is 5.95 Å². The molecule has 0 saturated carbocycles. The minimum Gasteiger partial charge on any atom is -0.340 e. The molecule has 0 unspecified atom stereocenters. The number of imidazole rings is 2. The Balaban J connectivity index is 1.79. The lowest BCUT2D eigenvalue weighted by Gasteiger charge is -2.09. The van der Waals surface area contributed by atoms with Gasteiger partial charge in [0.25, 0.3) is 11.8 Å². The first kappa shape index (κ1) is 15.5. The molecule has 2 aromatic heterocycles. The van der Waals surface area contributed by atoms with Crippen molar-refractivity contribution in [2.75, 3.05) is 10.6 Å². The lowest BCUT2D eigenvalue weighted by Crippen LogP contribution is -2.21. The molecule has 0 radical (unpaired) electrons. The van der Waals surface area contributed by atoms with Gasteiger partial charge in [-0.3, -0.25) is 14.9 Å². The largest absolute Gasteiger partial charge is 0.340 e. The van der Waals surface area contributed by atoms with Crippen LogP contribution in [0.15, 0.2) is 36.9 Å². The fourth-order valence-corrected chi connectivity index (χ4v) is 2.28. The molecule has 1 aromatic carbocycles. The van der Waals surface area contributed by atoms with Gasteiger partial charge in [0.15, 0.2) is 5.69 Å². The van der Waals surface area contributed by atoms with Crippen molar-refractivity contribution in [1.82, 2.24) is 19.9 Å². The third-order valence-electron chi connectivity index (χ3n) is 3.44. The normalized spacial score (nSPS) is 10.4. The molecule has 0 spiro atoms. The van der Waals surface area contributed by atoms with Crippen LogP contribution in [0.3, 0.4) is 0 Å². The van der Waals surface area contributed by atoms with E-state index in [4.69, 9.17) is 0 Å². The molecular weight excluding hydrogens is 308 g/mol. The van der Waals surface area contributed by atoms with Crippen LogP contribution in [-0.4, -0.2) is 31.8 Å². The molecule has 0 saturated heterocycles. The van der Waals surface area contributed by atoms with Crippen LogP contribution in [0, 0.1) is 13.8 Å². The van der Waals surface area contributed by atoms with E-state index in [2.05, 4.69) is 30.6 Å². The van der Waals surface area contributed by atoms with E-state index in [0.29, 0.717) is 5.69 Å². The van der Waals surface area contributed by atoms with E-state index in [-0.39, 0.29) is 17.3 Å². The predicted molar refractivity (Wildman–Crippen MR) is 89.0 cm³/mol. The van der Waals surface area contributed by atoms with Gasteiger partial charge in [-0.1, -0.05) is 17.7 Å². The highest BCUT2D eigenvalue weighted by atomic mass is 16.2. The Kier molecular flexibility index (Phi) is 4.11. The molecule has 8 nitrogen and oxygen atoms in total. The molecule has 24 heavy (non-hydrogen) atoms. The standard InChI is InChI=1S/C16H16N6O2/c1-9-3-4-11(10(2)7-9)21-14(23)12-13(20-8-19-12)15(24)22-16-17-5-6-18-16/h3-8H,1-2H3,(H,19,20)(H,21,23)(H2,17,18,22,24). The Hall–Kier alpha value is -3.42. The van der Waals surface area contributed by atoms with Crippen LogP contribution in [0.2, 0.25) is 0 Å². The highest BCUT2D eigenvalue weighted by Gasteiger charge is 2.21. The number of carbonyl (C=O) groups is 2. The van der Waals surface area contributed by atoms with Crippen molar-refractivity contribution in [2.45, 2.75) is 13.8 Å². The van der Waals surface area contributed by atoms with Gasteiger partial charge in [-0.05, 0) is 25.5 Å². The monoisotopic (exact) mass is 324 g/mol. The molecule has 3 rings (SSSR count). The number of aromatic nitrogens is 4. The molecule has 0 aliphatic heterocycles. The van der Waals surface area contributed by atoms with Gasteiger partial charge in [-0.15, -0.1) is 0 Å². The van der Waals surface area contributed by atoms with Crippen LogP contribution in [-0.2, 0) is 0 Å². The lowest BCUT2D eigenvalue weighted by atomic mass is 10.1. The molecule has 0 atom stereocenters. The van der Waals surface area contributed by atoms with E-state index < -0.39 is 11.8 Å². The van der Waals surface area contributed by atoms with Crippen LogP contribution in [0.1, 0.15) is 32.1 Å². The van der Waals surface area contributed by atoms with Crippen molar-refractivity contribution < 1.29 is 9.59 Å². The summed E-state index contributed by atoms with van der Waals surface area (Å²) in [6, 6.07) is 5.68. The van der Waals surface area contributed by atoms with Crippen molar-refractivity contribution in [3.63, 3.8) is 0 Å². The zero-order valence-corrected chi connectivity index (χ0v) is 13.2. The summed E-state index contributed by atoms with van der Waals surface area (Å²) in [4.78, 5) is 38.0. The molecule has 2 amide bonds. The molecule has 122 valence electrons. The fourth-order valence-electron chi connectivity index (χ4n) is 2.28. The highest BCUT2D eigenvalue weighted by molar-refractivity contribution is 6.13. The van der Waals surface area contributed by atoms with Gasteiger partial charge in [0.1, 0.15) is 5.69 Å². The number of hydrogen-bond acceptors (Lipinski definition) is 4. The molecule has 8 heteroatoms. The van der Waals surface area contributed by atoms with Crippen LogP contribution in [0.4, 0.5) is 11.6 Å². The third-order valence-corrected chi connectivity index (χ3v) is 3.44. The van der Waals surface area contributed by atoms with Crippen LogP contribution in [0.5, 0.6) is 0 Å². The predicted octanol–water partition coefficient (Wildman–Crippen LogP) is 2.25. The quantitative estimate of drug-likeness (QED) is 0.589. The number of hydrogen-bond donors (Lipinski definition) is 4. The lowest BCUT2D eigenvalue weighted by molar-refractivity contribution is 0.0985. The maximum absolute atomic E-state index is 12.4. The molecule has 0 fully saturated rings. The molecule has 2 heterocycles. The number of benzene rings is 1. The molecule has 3 aromatic rings. The number of nitrogens with one attached hydrogen (secondary N) is 4. The van der Waals surface area contributed by atoms with Crippen molar-refractivity contribution in [1.29, 1.82) is 0 Å². The summed E-state index contributed by atoms with van der Waals surface area (Å²) in [5, 5.41) is 5.31. The topological polar surface area (TPSA) is 116 Å². The van der Waals surface area contributed by atoms with E-state index in [1.54, 1.807) is 6.20 Å². The fraction of sp³-hybridized carbons (Fsp3) is 0.125. The Morgan fingerprint density at radius 1 is 1.04 bits per heavy atom. The Bertz CT molecular complexity index is 882. The smallest absolute Gasteiger partial charge is 0.276 e. The summed E-state index contributed by atoms with van der Waals surface area (Å²) >= 11 is 0. The SMILES string of the molecule is Cc1ccc(NC(=O)c2nc[nH]c2C(=O)Nc2ncc[nH]2)c(C)c1. The number of H-pyrrole nitrogens is 2. The van der Waals surface area contributed by atoms with Crippen LogP contribution in [0.25, 0.3) is 0 Å². The van der Waals surface area contributed by atoms with E-state index in [1.165, 1.54) is 12.5 Å². The van der Waals surface area contributed by atoms with E-state index in [1.807, 2.05) is 32.0 Å². The van der Waals surface area contributed by atoms with E-state index in [0.717, 1.165) is 11.1 Å². The maximum atomic E-state index is 12.4. The first-order chi connectivity index (χ1) is 11.5. The van der Waals surface area contributed by atoms with Gasteiger partial charge in [-0.2, -0.15) is 0 Å². The van der Waals surface area contributed by atoms with Crippen molar-refractivity contribution in [3.8, 4) is 0 Å². The Morgan fingerprint density at radius 2 is 1.88 bits per heavy atom. The number of amides is 2. The number of carbonyl (C=O) groups excluding carboxylic acids is 2. The zero-order chi connectivity index (χ0) is 17.1. The second-order valence-electron chi connectivity index (χ2n) is 5.29. The first-order valence-corrected chi connectivity index (χ1v) is 7.27. The van der Waals surface area contributed by atoms with Gasteiger partial charge in [-0.25, -0.2) is 9.97 Å². The second-order valence-corrected chi connectivity index (χ2v) is 5.29. The summed E-state index contributed by atoms with van der Waals surface area (Å²) in [6.07, 6.45) is 4.39. The summed E-state index contributed by atoms with van der Waals surface area (Å²) in [5.74, 6) is -0.684. The van der Waals surface area contributed by atoms with Gasteiger partial charge in [0.05, 0.1) is 6.33 Å². The van der Waals surface area contributed by atoms with Crippen molar-refractivity contribution >= 4 is 23.5 Å². The summed E-state index contributed by atoms with van der Waals surface area (Å²) in [6.45, 7) is 3.88. The molecule has 0 bridgehead atoms. The summed E-state index contributed by atoms with van der Waals surface area (Å²) in [7, 11) is 0. The molecule has 4 N–H and O–H groups in total. The number of nitrogens with zero attached hydrogens (tertiary/aromatic N) is 2. The van der Waals surface area contributed by atoms with Crippen molar-refractivity contribution in [3.05, 3.63) is 59.4 Å². The minimum absolute atomic E-state index is 0.0130. The number of anilines is 2.